The van der Waals surface area contributed by atoms with Gasteiger partial charge in [-0.1, -0.05) is 6.07 Å². The summed E-state index contributed by atoms with van der Waals surface area (Å²) < 4.78 is 16.0. The molecule has 0 saturated heterocycles. The molecule has 30 heavy (non-hydrogen) atoms. The molecule has 1 heterocycles. The van der Waals surface area contributed by atoms with Crippen LogP contribution in [-0.4, -0.2) is 31.4 Å². The van der Waals surface area contributed by atoms with Gasteiger partial charge in [0.25, 0.3) is 5.91 Å². The molecular weight excluding hydrogens is 454 g/mol. The largest absolute Gasteiger partial charge is 0.496 e. The van der Waals surface area contributed by atoms with Gasteiger partial charge in [0.2, 0.25) is 0 Å². The number of nitrogens with one attached hydrogen (secondary N) is 1. The SMILES string of the molecule is COc1ccc(C(=O)COC(=O)c2ccc(C)c(NC(=O)c3ccco3)c2)cc1Br. The van der Waals surface area contributed by atoms with E-state index in [2.05, 4.69) is 21.2 Å². The molecule has 1 aromatic heterocycles. The minimum Gasteiger partial charge on any atom is -0.496 e. The van der Waals surface area contributed by atoms with E-state index in [1.165, 1.54) is 25.5 Å². The van der Waals surface area contributed by atoms with Gasteiger partial charge in [-0.25, -0.2) is 4.79 Å². The van der Waals surface area contributed by atoms with Gasteiger partial charge in [0, 0.05) is 11.3 Å². The number of hydrogen-bond acceptors (Lipinski definition) is 6. The minimum absolute atomic E-state index is 0.152. The van der Waals surface area contributed by atoms with Gasteiger partial charge in [-0.05, 0) is 70.9 Å². The fourth-order valence-electron chi connectivity index (χ4n) is 2.61. The Balaban J connectivity index is 1.66. The zero-order valence-electron chi connectivity index (χ0n) is 16.2. The highest BCUT2D eigenvalue weighted by atomic mass is 79.9. The number of halogens is 1. The van der Waals surface area contributed by atoms with Gasteiger partial charge in [-0.15, -0.1) is 0 Å². The van der Waals surface area contributed by atoms with Crippen LogP contribution in [0.4, 0.5) is 5.69 Å². The fourth-order valence-corrected chi connectivity index (χ4v) is 3.15. The Labute approximate surface area is 181 Å². The standard InChI is InChI=1S/C22H18BrNO6/c1-13-5-6-15(11-17(13)24-21(26)20-4-3-9-29-20)22(27)30-12-18(25)14-7-8-19(28-2)16(23)10-14/h3-11H,12H2,1-2H3,(H,24,26). The van der Waals surface area contributed by atoms with Crippen LogP contribution in [0.3, 0.4) is 0 Å². The number of rotatable bonds is 7. The molecule has 2 aromatic carbocycles. The van der Waals surface area contributed by atoms with E-state index in [-0.39, 0.29) is 17.1 Å². The third kappa shape index (κ3) is 4.96. The molecule has 0 atom stereocenters. The average molecular weight is 472 g/mol. The molecule has 0 aliphatic carbocycles. The summed E-state index contributed by atoms with van der Waals surface area (Å²) in [5.74, 6) is -0.727. The summed E-state index contributed by atoms with van der Waals surface area (Å²) >= 11 is 3.31. The molecule has 0 fully saturated rings. The lowest BCUT2D eigenvalue weighted by molar-refractivity contribution is 0.0474. The Morgan fingerprint density at radius 1 is 1.07 bits per heavy atom. The third-order valence-corrected chi connectivity index (χ3v) is 4.89. The average Bonchev–Trinajstić information content (AvgIpc) is 3.28. The number of aryl methyl sites for hydroxylation is 1. The monoisotopic (exact) mass is 471 g/mol. The molecule has 0 bridgehead atoms. The lowest BCUT2D eigenvalue weighted by atomic mass is 10.1. The highest BCUT2D eigenvalue weighted by Crippen LogP contribution is 2.26. The Kier molecular flexibility index (Phi) is 6.68. The minimum atomic E-state index is -0.676. The van der Waals surface area contributed by atoms with Crippen molar-refractivity contribution in [3.8, 4) is 5.75 Å². The molecule has 0 saturated carbocycles. The number of esters is 1. The molecule has 3 aromatic rings. The van der Waals surface area contributed by atoms with Crippen molar-refractivity contribution in [1.82, 2.24) is 0 Å². The number of carbonyl (C=O) groups is 3. The molecule has 3 rings (SSSR count). The maximum absolute atomic E-state index is 12.4. The van der Waals surface area contributed by atoms with Gasteiger partial charge >= 0.3 is 5.97 Å². The number of hydrogen-bond donors (Lipinski definition) is 1. The first kappa shape index (κ1) is 21.3. The van der Waals surface area contributed by atoms with Gasteiger partial charge in [0.15, 0.2) is 18.2 Å². The van der Waals surface area contributed by atoms with E-state index in [0.29, 0.717) is 21.5 Å². The third-order valence-electron chi connectivity index (χ3n) is 4.27. The smallest absolute Gasteiger partial charge is 0.338 e. The number of carbonyl (C=O) groups excluding carboxylic acids is 3. The lowest BCUT2D eigenvalue weighted by Gasteiger charge is -2.10. The molecule has 0 unspecified atom stereocenters. The molecule has 1 N–H and O–H groups in total. The quantitative estimate of drug-likeness (QED) is 0.398. The predicted molar refractivity (Wildman–Crippen MR) is 113 cm³/mol. The topological polar surface area (TPSA) is 94.8 Å². The molecule has 0 spiro atoms. The van der Waals surface area contributed by atoms with Gasteiger partial charge in [0.05, 0.1) is 23.4 Å². The first-order valence-corrected chi connectivity index (χ1v) is 9.67. The molecule has 0 radical (unpaired) electrons. The van der Waals surface area contributed by atoms with Crippen LogP contribution >= 0.6 is 15.9 Å². The van der Waals surface area contributed by atoms with Crippen LogP contribution in [-0.2, 0) is 4.74 Å². The summed E-state index contributed by atoms with van der Waals surface area (Å²) in [5, 5.41) is 2.69. The lowest BCUT2D eigenvalue weighted by Crippen LogP contribution is -2.16. The van der Waals surface area contributed by atoms with E-state index < -0.39 is 18.5 Å². The number of anilines is 1. The van der Waals surface area contributed by atoms with Crippen LogP contribution in [0.2, 0.25) is 0 Å². The van der Waals surface area contributed by atoms with Crippen molar-refractivity contribution >= 4 is 39.3 Å². The Hall–Kier alpha value is -3.39. The van der Waals surface area contributed by atoms with Crippen LogP contribution in [0.15, 0.2) is 63.7 Å². The number of furan rings is 1. The highest BCUT2D eigenvalue weighted by molar-refractivity contribution is 9.10. The maximum Gasteiger partial charge on any atom is 0.338 e. The normalized spacial score (nSPS) is 10.4. The molecule has 7 nitrogen and oxygen atoms in total. The van der Waals surface area contributed by atoms with Crippen LogP contribution in [0.5, 0.6) is 5.75 Å². The number of ketones is 1. The van der Waals surface area contributed by atoms with Gasteiger partial charge in [0.1, 0.15) is 5.75 Å². The molecule has 0 aliphatic rings. The Bertz CT molecular complexity index is 1090. The molecular formula is C22H18BrNO6. The zero-order valence-corrected chi connectivity index (χ0v) is 17.8. The second-order valence-electron chi connectivity index (χ2n) is 6.31. The predicted octanol–water partition coefficient (Wildman–Crippen LogP) is 4.65. The summed E-state index contributed by atoms with van der Waals surface area (Å²) in [6.07, 6.45) is 1.40. The van der Waals surface area contributed by atoms with Gasteiger partial charge in [-0.3, -0.25) is 9.59 Å². The Morgan fingerprint density at radius 3 is 2.50 bits per heavy atom. The van der Waals surface area contributed by atoms with Crippen LogP contribution in [0.25, 0.3) is 0 Å². The fraction of sp³-hybridized carbons (Fsp3) is 0.136. The first-order valence-electron chi connectivity index (χ1n) is 8.88. The van der Waals surface area contributed by atoms with Crippen molar-refractivity contribution in [3.63, 3.8) is 0 Å². The van der Waals surface area contributed by atoms with Crippen molar-refractivity contribution < 1.29 is 28.3 Å². The van der Waals surface area contributed by atoms with Crippen molar-refractivity contribution in [2.45, 2.75) is 6.92 Å². The zero-order chi connectivity index (χ0) is 21.7. The molecule has 1 amide bonds. The number of ether oxygens (including phenoxy) is 2. The summed E-state index contributed by atoms with van der Waals surface area (Å²) in [6, 6.07) is 12.7. The van der Waals surface area contributed by atoms with E-state index in [0.717, 1.165) is 5.56 Å². The van der Waals surface area contributed by atoms with Crippen molar-refractivity contribution in [1.29, 1.82) is 0 Å². The van der Waals surface area contributed by atoms with Crippen molar-refractivity contribution in [2.75, 3.05) is 19.0 Å². The maximum atomic E-state index is 12.4. The first-order chi connectivity index (χ1) is 14.4. The highest BCUT2D eigenvalue weighted by Gasteiger charge is 2.16. The van der Waals surface area contributed by atoms with Crippen LogP contribution in [0, 0.1) is 6.92 Å². The summed E-state index contributed by atoms with van der Waals surface area (Å²) in [6.45, 7) is 1.37. The molecule has 0 aliphatic heterocycles. The molecule has 8 heteroatoms. The van der Waals surface area contributed by atoms with Crippen molar-refractivity contribution in [3.05, 3.63) is 81.7 Å². The number of methoxy groups -OCH3 is 1. The van der Waals surface area contributed by atoms with E-state index in [1.807, 2.05) is 0 Å². The number of benzene rings is 2. The number of amides is 1. The Morgan fingerprint density at radius 2 is 1.83 bits per heavy atom. The van der Waals surface area contributed by atoms with E-state index in [9.17, 15) is 14.4 Å². The van der Waals surface area contributed by atoms with Crippen LogP contribution < -0.4 is 10.1 Å². The van der Waals surface area contributed by atoms with Crippen molar-refractivity contribution in [2.24, 2.45) is 0 Å². The van der Waals surface area contributed by atoms with Crippen LogP contribution in [0.1, 0.15) is 36.8 Å². The van der Waals surface area contributed by atoms with Gasteiger partial charge in [-0.2, -0.15) is 0 Å². The second kappa shape index (κ2) is 9.41. The van der Waals surface area contributed by atoms with E-state index in [4.69, 9.17) is 13.9 Å². The second-order valence-corrected chi connectivity index (χ2v) is 7.16. The van der Waals surface area contributed by atoms with Gasteiger partial charge < -0.3 is 19.2 Å². The van der Waals surface area contributed by atoms with E-state index >= 15 is 0 Å². The summed E-state index contributed by atoms with van der Waals surface area (Å²) in [7, 11) is 1.52. The summed E-state index contributed by atoms with van der Waals surface area (Å²) in [4.78, 5) is 36.9. The summed E-state index contributed by atoms with van der Waals surface area (Å²) in [5.41, 5.74) is 1.78. The molecule has 154 valence electrons. The number of Topliss-reactive ketones (excluding diaryl/α,β-unsaturated/α-hetero) is 1. The van der Waals surface area contributed by atoms with E-state index in [1.54, 1.807) is 43.3 Å².